The van der Waals surface area contributed by atoms with E-state index in [0.717, 1.165) is 39.2 Å². The van der Waals surface area contributed by atoms with Crippen LogP contribution in [-0.4, -0.2) is 19.5 Å². The number of alkyl halides is 3. The van der Waals surface area contributed by atoms with E-state index in [1.807, 2.05) is 102 Å². The highest BCUT2D eigenvalue weighted by Crippen LogP contribution is 2.42. The van der Waals surface area contributed by atoms with Crippen LogP contribution in [0.5, 0.6) is 0 Å². The quantitative estimate of drug-likeness (QED) is 0.177. The van der Waals surface area contributed by atoms with Gasteiger partial charge in [-0.2, -0.15) is 13.2 Å². The first kappa shape index (κ1) is 32.0. The topological polar surface area (TPSA) is 43.6 Å². The lowest BCUT2D eigenvalue weighted by atomic mass is 9.99. The SMILES string of the molecule is FC(F)(F)c1ccc2c3ccccc3n(-c3ccc(-c4ccc5sc6ccccc6c5c4)cc3-c3nc(-c4ccccc4)nc(-c4ccccc4)n3)c2c1. The van der Waals surface area contributed by atoms with Crippen LogP contribution in [0, 0.1) is 0 Å². The molecule has 8 heteroatoms. The Morgan fingerprint density at radius 2 is 1.00 bits per heavy atom. The number of thiophene rings is 1. The molecule has 0 aliphatic heterocycles. The Morgan fingerprint density at radius 3 is 1.72 bits per heavy atom. The van der Waals surface area contributed by atoms with Crippen LogP contribution in [0.2, 0.25) is 0 Å². The molecule has 10 aromatic rings. The number of halogens is 3. The minimum atomic E-state index is -4.52. The summed E-state index contributed by atoms with van der Waals surface area (Å²) >= 11 is 1.76. The number of hydrogen-bond acceptors (Lipinski definition) is 4. The monoisotopic (exact) mass is 724 g/mol. The maximum atomic E-state index is 14.3. The number of hydrogen-bond donors (Lipinski definition) is 0. The van der Waals surface area contributed by atoms with Crippen molar-refractivity contribution in [1.29, 1.82) is 0 Å². The molecule has 0 atom stereocenters. The summed E-state index contributed by atoms with van der Waals surface area (Å²) in [4.78, 5) is 15.1. The molecule has 0 fully saturated rings. The first-order chi connectivity index (χ1) is 26.4. The standard InChI is InChI=1S/C46H27F3N4S/c47-46(48,49)32-21-22-34-33-15-7-9-17-38(33)53(40(34)27-32)39-23-19-30(31-20-24-42-36(25-31)35-16-8-10-18-41(35)54-42)26-37(39)45-51-43(28-11-3-1-4-12-28)50-44(52-45)29-13-5-2-6-14-29/h1-27H. The predicted octanol–water partition coefficient (Wildman–Crippen LogP) is 13.0. The number of fused-ring (bicyclic) bond motifs is 6. The summed E-state index contributed by atoms with van der Waals surface area (Å²) in [5, 5.41) is 3.92. The second-order valence-electron chi connectivity index (χ2n) is 13.2. The maximum Gasteiger partial charge on any atom is 0.416 e. The van der Waals surface area contributed by atoms with Crippen LogP contribution in [0.25, 0.3) is 93.0 Å². The molecule has 0 aliphatic carbocycles. The lowest BCUT2D eigenvalue weighted by Crippen LogP contribution is -2.06. The van der Waals surface area contributed by atoms with E-state index in [1.54, 1.807) is 17.4 Å². The average molecular weight is 725 g/mol. The molecule has 0 saturated carbocycles. The van der Waals surface area contributed by atoms with Crippen LogP contribution in [0.1, 0.15) is 5.56 Å². The van der Waals surface area contributed by atoms with Gasteiger partial charge in [0.25, 0.3) is 0 Å². The van der Waals surface area contributed by atoms with Crippen molar-refractivity contribution in [3.63, 3.8) is 0 Å². The van der Waals surface area contributed by atoms with E-state index in [0.29, 0.717) is 39.6 Å². The van der Waals surface area contributed by atoms with Crippen molar-refractivity contribution in [3.05, 3.63) is 169 Å². The number of nitrogens with zero attached hydrogens (tertiary/aromatic N) is 4. The van der Waals surface area contributed by atoms with E-state index >= 15 is 0 Å². The zero-order chi connectivity index (χ0) is 36.4. The van der Waals surface area contributed by atoms with Crippen LogP contribution >= 0.6 is 11.3 Å². The van der Waals surface area contributed by atoms with E-state index < -0.39 is 11.7 Å². The van der Waals surface area contributed by atoms with E-state index in [9.17, 15) is 13.2 Å². The number of rotatable bonds is 5. The summed E-state index contributed by atoms with van der Waals surface area (Å²) in [6, 6.07) is 52.0. The van der Waals surface area contributed by atoms with Crippen LogP contribution in [0.15, 0.2) is 164 Å². The lowest BCUT2D eigenvalue weighted by molar-refractivity contribution is -0.137. The zero-order valence-corrected chi connectivity index (χ0v) is 29.2. The van der Waals surface area contributed by atoms with Crippen LogP contribution < -0.4 is 0 Å². The van der Waals surface area contributed by atoms with Gasteiger partial charge in [-0.05, 0) is 59.7 Å². The summed E-state index contributed by atoms with van der Waals surface area (Å²) in [5.41, 5.74) is 5.35. The Hall–Kier alpha value is -6.64. The third kappa shape index (κ3) is 5.42. The molecule has 10 rings (SSSR count). The fourth-order valence-electron chi connectivity index (χ4n) is 7.33. The number of aromatic nitrogens is 4. The lowest BCUT2D eigenvalue weighted by Gasteiger charge is -2.17. The van der Waals surface area contributed by atoms with E-state index in [2.05, 4.69) is 48.5 Å². The Labute approximate surface area is 311 Å². The van der Waals surface area contributed by atoms with Crippen molar-refractivity contribution >= 4 is 53.3 Å². The van der Waals surface area contributed by atoms with Crippen molar-refractivity contribution in [3.8, 4) is 51.0 Å². The third-order valence-electron chi connectivity index (χ3n) is 9.89. The number of benzene rings is 7. The average Bonchev–Trinajstić information content (AvgIpc) is 3.76. The summed E-state index contributed by atoms with van der Waals surface area (Å²) in [6.07, 6.45) is -4.52. The van der Waals surface area contributed by atoms with Crippen molar-refractivity contribution in [2.24, 2.45) is 0 Å². The fourth-order valence-corrected chi connectivity index (χ4v) is 8.42. The van der Waals surface area contributed by atoms with Crippen LogP contribution in [0.3, 0.4) is 0 Å². The molecule has 0 aliphatic rings. The van der Waals surface area contributed by atoms with Crippen molar-refractivity contribution < 1.29 is 13.2 Å². The minimum absolute atomic E-state index is 0.402. The molecule has 4 nitrogen and oxygen atoms in total. The first-order valence-electron chi connectivity index (χ1n) is 17.4. The second-order valence-corrected chi connectivity index (χ2v) is 14.2. The summed E-state index contributed by atoms with van der Waals surface area (Å²) in [6.45, 7) is 0. The molecular weight excluding hydrogens is 698 g/mol. The molecule has 0 spiro atoms. The molecule has 258 valence electrons. The molecule has 0 unspecified atom stereocenters. The summed E-state index contributed by atoms with van der Waals surface area (Å²) in [7, 11) is 0. The smallest absolute Gasteiger partial charge is 0.308 e. The van der Waals surface area contributed by atoms with Crippen molar-refractivity contribution in [1.82, 2.24) is 19.5 Å². The summed E-state index contributed by atoms with van der Waals surface area (Å²) < 4.78 is 47.1. The number of para-hydroxylation sites is 1. The Bertz CT molecular complexity index is 2980. The van der Waals surface area contributed by atoms with Gasteiger partial charge in [0.05, 0.1) is 22.3 Å². The molecule has 54 heavy (non-hydrogen) atoms. The van der Waals surface area contributed by atoms with Gasteiger partial charge in [-0.1, -0.05) is 115 Å². The first-order valence-corrected chi connectivity index (χ1v) is 18.2. The van der Waals surface area contributed by atoms with Gasteiger partial charge in [0.15, 0.2) is 17.5 Å². The van der Waals surface area contributed by atoms with Crippen molar-refractivity contribution in [2.75, 3.05) is 0 Å². The molecular formula is C46H27F3N4S. The zero-order valence-electron chi connectivity index (χ0n) is 28.4. The highest BCUT2D eigenvalue weighted by molar-refractivity contribution is 7.25. The van der Waals surface area contributed by atoms with Gasteiger partial charge in [0, 0.05) is 47.6 Å². The molecule has 0 amide bonds. The van der Waals surface area contributed by atoms with Gasteiger partial charge in [-0.3, -0.25) is 0 Å². The fraction of sp³-hybridized carbons (Fsp3) is 0.0217. The van der Waals surface area contributed by atoms with Gasteiger partial charge in [-0.15, -0.1) is 11.3 Å². The van der Waals surface area contributed by atoms with E-state index in [4.69, 9.17) is 15.0 Å². The molecule has 3 aromatic heterocycles. The van der Waals surface area contributed by atoms with Gasteiger partial charge >= 0.3 is 6.18 Å². The highest BCUT2D eigenvalue weighted by atomic mass is 32.1. The molecule has 0 saturated heterocycles. The Kier molecular flexibility index (Phi) is 7.42. The van der Waals surface area contributed by atoms with Gasteiger partial charge in [0.2, 0.25) is 0 Å². The van der Waals surface area contributed by atoms with Crippen LogP contribution in [-0.2, 0) is 6.18 Å². The normalized spacial score (nSPS) is 12.0. The summed E-state index contributed by atoms with van der Waals surface area (Å²) in [5.74, 6) is 1.38. The Balaban J connectivity index is 1.28. The molecule has 0 radical (unpaired) electrons. The van der Waals surface area contributed by atoms with Gasteiger partial charge < -0.3 is 4.57 Å². The molecule has 0 N–H and O–H groups in total. The minimum Gasteiger partial charge on any atom is -0.308 e. The molecule has 7 aromatic carbocycles. The third-order valence-corrected chi connectivity index (χ3v) is 11.0. The predicted molar refractivity (Wildman–Crippen MR) is 214 cm³/mol. The van der Waals surface area contributed by atoms with Crippen molar-refractivity contribution in [2.45, 2.75) is 6.18 Å². The molecule has 3 heterocycles. The largest absolute Gasteiger partial charge is 0.416 e. The van der Waals surface area contributed by atoms with Crippen LogP contribution in [0.4, 0.5) is 13.2 Å². The van der Waals surface area contributed by atoms with E-state index in [1.165, 1.54) is 26.2 Å². The van der Waals surface area contributed by atoms with Gasteiger partial charge in [-0.25, -0.2) is 15.0 Å². The van der Waals surface area contributed by atoms with E-state index in [-0.39, 0.29) is 0 Å². The Morgan fingerprint density at radius 1 is 0.426 bits per heavy atom. The molecule has 0 bridgehead atoms. The highest BCUT2D eigenvalue weighted by Gasteiger charge is 2.31. The maximum absolute atomic E-state index is 14.3. The van der Waals surface area contributed by atoms with Gasteiger partial charge in [0.1, 0.15) is 0 Å². The second kappa shape index (κ2) is 12.5.